The van der Waals surface area contributed by atoms with Crippen LogP contribution in [0.4, 0.5) is 13.2 Å². The molecule has 7 aromatic heterocycles. The Hall–Kier alpha value is -5.83. The first kappa shape index (κ1) is 34.6. The Morgan fingerprint density at radius 2 is 1.37 bits per heavy atom. The lowest BCUT2D eigenvalue weighted by molar-refractivity contribution is -0.0501. The summed E-state index contributed by atoms with van der Waals surface area (Å²) in [6, 6.07) is -1.15. The second kappa shape index (κ2) is 13.1. The van der Waals surface area contributed by atoms with Crippen molar-refractivity contribution in [1.29, 1.82) is 0 Å². The van der Waals surface area contributed by atoms with Crippen molar-refractivity contribution < 1.29 is 66.6 Å². The molecule has 1 atom stereocenters. The molecule has 0 saturated heterocycles. The average molecular weight is 860 g/mol. The van der Waals surface area contributed by atoms with Crippen LogP contribution in [0, 0.1) is 17.7 Å². The second-order valence-corrected chi connectivity index (χ2v) is 12.6. The molecule has 7 heterocycles. The number of oxazole rings is 7. The van der Waals surface area contributed by atoms with E-state index in [1.165, 1.54) is 26.4 Å². The van der Waals surface area contributed by atoms with Gasteiger partial charge in [-0.3, -0.25) is 4.79 Å². The van der Waals surface area contributed by atoms with Crippen molar-refractivity contribution in [2.24, 2.45) is 0 Å². The number of amides is 1. The highest BCUT2D eigenvalue weighted by molar-refractivity contribution is 14.1. The zero-order valence-corrected chi connectivity index (χ0v) is 28.6. The number of carbonyl (C=O) groups is 1. The van der Waals surface area contributed by atoms with Crippen LogP contribution in [0.2, 0.25) is 0 Å². The van der Waals surface area contributed by atoms with E-state index in [4.69, 9.17) is 30.9 Å². The first-order chi connectivity index (χ1) is 24.7. The molecule has 25 heteroatoms. The summed E-state index contributed by atoms with van der Waals surface area (Å²) in [5, 5.41) is 12.6. The topological polar surface area (TPSA) is 275 Å². The number of aryl methyl sites for hydroxylation is 2. The third kappa shape index (κ3) is 6.66. The van der Waals surface area contributed by atoms with Gasteiger partial charge in [-0.1, -0.05) is 0 Å². The van der Waals surface area contributed by atoms with E-state index in [9.17, 15) is 31.5 Å². The molecular formula is C27H16F3IN8O12S. The molecule has 270 valence electrons. The quantitative estimate of drug-likeness (QED) is 0.0999. The van der Waals surface area contributed by atoms with Crippen molar-refractivity contribution >= 4 is 38.6 Å². The molecule has 7 aromatic rings. The molecule has 0 spiro atoms. The Balaban J connectivity index is 1.04. The minimum absolute atomic E-state index is 0.0306. The minimum atomic E-state index is -5.98. The maximum absolute atomic E-state index is 13.0. The summed E-state index contributed by atoms with van der Waals surface area (Å²) in [4.78, 5) is 41.8. The molecule has 0 fully saturated rings. The number of hydrogen-bond donors (Lipinski definition) is 2. The zero-order chi connectivity index (χ0) is 36.9. The van der Waals surface area contributed by atoms with Gasteiger partial charge in [-0.25, -0.2) is 24.9 Å². The Morgan fingerprint density at radius 3 is 2.06 bits per heavy atom. The fraction of sp³-hybridized carbons (Fsp3) is 0.185. The lowest BCUT2D eigenvalue weighted by atomic mass is 10.3. The highest BCUT2D eigenvalue weighted by Crippen LogP contribution is 2.33. The normalized spacial score (nSPS) is 12.8. The predicted molar refractivity (Wildman–Crippen MR) is 166 cm³/mol. The lowest BCUT2D eigenvalue weighted by Crippen LogP contribution is -2.31. The number of aliphatic hydroxyl groups excluding tert-OH is 1. The van der Waals surface area contributed by atoms with Crippen LogP contribution in [-0.2, 0) is 10.1 Å². The molecule has 0 aliphatic heterocycles. The van der Waals surface area contributed by atoms with E-state index in [1.807, 2.05) is 22.6 Å². The molecule has 0 saturated carbocycles. The van der Waals surface area contributed by atoms with Gasteiger partial charge in [0.2, 0.25) is 29.5 Å². The number of halogens is 4. The third-order valence-electron chi connectivity index (χ3n) is 6.64. The third-order valence-corrected chi connectivity index (χ3v) is 8.09. The van der Waals surface area contributed by atoms with Crippen LogP contribution >= 0.6 is 22.6 Å². The number of aliphatic hydroxyl groups is 1. The van der Waals surface area contributed by atoms with Crippen molar-refractivity contribution in [2.45, 2.75) is 25.4 Å². The van der Waals surface area contributed by atoms with Gasteiger partial charge in [0.15, 0.2) is 40.4 Å². The number of alkyl halides is 3. The van der Waals surface area contributed by atoms with E-state index in [1.54, 1.807) is 0 Å². The fourth-order valence-electron chi connectivity index (χ4n) is 4.27. The standard InChI is InChI=1S/C27H16F3IN8O12S/c1-9-17(24-35-14(6-46-24)22-37-16(8-47-22)51-52(42,43)27(28,29)30)39-25(50-9)18-10(2)49-23(38-18)11(3-40)32-19(41)12-4-44-20(33-12)13-5-45-21(34-13)15-7-48-26(31)36-15/h4-8,11,40H,3H2,1-2H3,(H,32,41)/t11-/m0/s1. The SMILES string of the molecule is Cc1oc(-c2nc([C@H](CO)NC(=O)c3coc(-c4coc(-c5coc(I)n5)n4)n3)oc2C)nc1-c1nc(-c2nc(OS(=O)(=O)C(F)(F)F)co2)co1. The van der Waals surface area contributed by atoms with Crippen LogP contribution in [-0.4, -0.2) is 66.4 Å². The van der Waals surface area contributed by atoms with Crippen LogP contribution in [0.3, 0.4) is 0 Å². The summed E-state index contributed by atoms with van der Waals surface area (Å²) >= 11 is 1.88. The maximum Gasteiger partial charge on any atom is 0.534 e. The van der Waals surface area contributed by atoms with Crippen LogP contribution < -0.4 is 9.50 Å². The van der Waals surface area contributed by atoms with E-state index in [-0.39, 0.29) is 69.4 Å². The summed E-state index contributed by atoms with van der Waals surface area (Å²) < 4.78 is 102. The van der Waals surface area contributed by atoms with Crippen molar-refractivity contribution in [3.8, 4) is 63.8 Å². The van der Waals surface area contributed by atoms with Crippen molar-refractivity contribution in [3.05, 3.63) is 58.3 Å². The smallest absolute Gasteiger partial charge is 0.443 e. The van der Waals surface area contributed by atoms with Crippen LogP contribution in [0.25, 0.3) is 57.9 Å². The van der Waals surface area contributed by atoms with Gasteiger partial charge in [0, 0.05) is 22.6 Å². The van der Waals surface area contributed by atoms with Gasteiger partial charge in [0.25, 0.3) is 21.6 Å². The van der Waals surface area contributed by atoms with Crippen molar-refractivity contribution in [1.82, 2.24) is 40.2 Å². The molecule has 1 amide bonds. The van der Waals surface area contributed by atoms with Gasteiger partial charge in [-0.2, -0.15) is 31.6 Å². The van der Waals surface area contributed by atoms with E-state index < -0.39 is 46.0 Å². The Labute approximate surface area is 298 Å². The first-order valence-corrected chi connectivity index (χ1v) is 16.5. The molecule has 0 unspecified atom stereocenters. The fourth-order valence-corrected chi connectivity index (χ4v) is 5.05. The number of nitrogens with zero attached hydrogens (tertiary/aromatic N) is 7. The number of aromatic nitrogens is 7. The number of carbonyl (C=O) groups excluding carboxylic acids is 1. The molecular weight excluding hydrogens is 844 g/mol. The van der Waals surface area contributed by atoms with Crippen LogP contribution in [0.5, 0.6) is 5.88 Å². The van der Waals surface area contributed by atoms with Gasteiger partial charge < -0.3 is 45.5 Å². The molecule has 2 N–H and O–H groups in total. The van der Waals surface area contributed by atoms with Crippen LogP contribution in [0.15, 0.2) is 62.2 Å². The highest BCUT2D eigenvalue weighted by atomic mass is 127. The van der Waals surface area contributed by atoms with Gasteiger partial charge in [0.05, 0.1) is 6.61 Å². The number of hydrogen-bond acceptors (Lipinski definition) is 19. The monoisotopic (exact) mass is 860 g/mol. The average Bonchev–Trinajstić information content (AvgIpc) is 3.92. The summed E-state index contributed by atoms with van der Waals surface area (Å²) in [6.45, 7) is 2.41. The summed E-state index contributed by atoms with van der Waals surface area (Å²) in [5.41, 5.74) is -5.30. The lowest BCUT2D eigenvalue weighted by Gasteiger charge is -2.11. The highest BCUT2D eigenvalue weighted by Gasteiger charge is 2.49. The van der Waals surface area contributed by atoms with E-state index in [2.05, 4.69) is 44.4 Å². The molecule has 0 bridgehead atoms. The zero-order valence-electron chi connectivity index (χ0n) is 25.7. The van der Waals surface area contributed by atoms with Crippen LogP contribution in [0.1, 0.15) is 33.9 Å². The Kier molecular flexibility index (Phi) is 8.69. The van der Waals surface area contributed by atoms with E-state index in [0.717, 1.165) is 12.5 Å². The minimum Gasteiger partial charge on any atom is -0.443 e. The maximum atomic E-state index is 13.0. The summed E-state index contributed by atoms with van der Waals surface area (Å²) in [6.07, 6.45) is 5.26. The summed E-state index contributed by atoms with van der Waals surface area (Å²) in [5.74, 6) is -2.00. The molecule has 52 heavy (non-hydrogen) atoms. The van der Waals surface area contributed by atoms with Gasteiger partial charge in [0.1, 0.15) is 42.6 Å². The van der Waals surface area contributed by atoms with E-state index >= 15 is 0 Å². The Bertz CT molecular complexity index is 2530. The van der Waals surface area contributed by atoms with Crippen molar-refractivity contribution in [2.75, 3.05) is 6.61 Å². The second-order valence-electron chi connectivity index (χ2n) is 10.2. The Morgan fingerprint density at radius 1 is 0.788 bits per heavy atom. The molecule has 7 rings (SSSR count). The molecule has 0 aliphatic rings. The first-order valence-electron chi connectivity index (χ1n) is 14.0. The largest absolute Gasteiger partial charge is 0.534 e. The van der Waals surface area contributed by atoms with Crippen molar-refractivity contribution in [3.63, 3.8) is 0 Å². The van der Waals surface area contributed by atoms with E-state index in [0.29, 0.717) is 15.9 Å². The molecule has 0 radical (unpaired) electrons. The summed E-state index contributed by atoms with van der Waals surface area (Å²) in [7, 11) is -5.98. The molecule has 0 aliphatic carbocycles. The molecule has 0 aromatic carbocycles. The number of nitrogens with one attached hydrogen (secondary N) is 1. The predicted octanol–water partition coefficient (Wildman–Crippen LogP) is 4.85. The van der Waals surface area contributed by atoms with Gasteiger partial charge in [-0.05, 0) is 13.8 Å². The van der Waals surface area contributed by atoms with Gasteiger partial charge >= 0.3 is 15.6 Å². The number of rotatable bonds is 11. The molecule has 20 nitrogen and oxygen atoms in total. The van der Waals surface area contributed by atoms with Gasteiger partial charge in [-0.15, -0.1) is 0 Å².